The molecule has 200 valence electrons. The molecule has 3 aromatic carbocycles. The Balaban J connectivity index is 1.86. The molecule has 0 saturated carbocycles. The molecule has 0 unspecified atom stereocenters. The van der Waals surface area contributed by atoms with E-state index in [1.165, 1.54) is 19.1 Å². The van der Waals surface area contributed by atoms with E-state index in [9.17, 15) is 35.9 Å². The van der Waals surface area contributed by atoms with Gasteiger partial charge in [0.1, 0.15) is 0 Å². The van der Waals surface area contributed by atoms with Crippen LogP contribution in [0.3, 0.4) is 0 Å². The molecule has 0 spiro atoms. The highest BCUT2D eigenvalue weighted by molar-refractivity contribution is 6.34. The standard InChI is InChI=1S/C26H18Cl2F6N2O2/c1-13(37)35-21-6-4-17(27)12-19(21)23-18-3-2-8-36(22(18)7-5-20(23)28)24(38)14-9-15(25(29,30)31)11-16(10-14)26(32,33)34/h4-7,9-12H,2-3,8H2,1H3,(H,35,37). The van der Waals surface area contributed by atoms with Gasteiger partial charge in [0.25, 0.3) is 5.91 Å². The van der Waals surface area contributed by atoms with Crippen LogP contribution >= 0.6 is 23.2 Å². The molecule has 0 radical (unpaired) electrons. The molecule has 0 aliphatic carbocycles. The van der Waals surface area contributed by atoms with Gasteiger partial charge in [-0.25, -0.2) is 0 Å². The molecule has 1 heterocycles. The third-order valence-corrected chi connectivity index (χ3v) is 6.53. The highest BCUT2D eigenvalue weighted by atomic mass is 35.5. The minimum Gasteiger partial charge on any atom is -0.326 e. The van der Waals surface area contributed by atoms with Crippen molar-refractivity contribution >= 4 is 46.4 Å². The molecule has 4 rings (SSSR count). The van der Waals surface area contributed by atoms with Crippen molar-refractivity contribution in [2.75, 3.05) is 16.8 Å². The number of amides is 2. The molecule has 38 heavy (non-hydrogen) atoms. The molecule has 0 atom stereocenters. The lowest BCUT2D eigenvalue weighted by Gasteiger charge is -2.32. The van der Waals surface area contributed by atoms with Gasteiger partial charge in [-0.2, -0.15) is 26.3 Å². The summed E-state index contributed by atoms with van der Waals surface area (Å²) < 4.78 is 80.3. The number of carbonyl (C=O) groups excluding carboxylic acids is 2. The summed E-state index contributed by atoms with van der Waals surface area (Å²) in [5.74, 6) is -1.39. The largest absolute Gasteiger partial charge is 0.416 e. The van der Waals surface area contributed by atoms with Crippen molar-refractivity contribution in [1.29, 1.82) is 0 Å². The van der Waals surface area contributed by atoms with Crippen molar-refractivity contribution in [1.82, 2.24) is 0 Å². The Kier molecular flexibility index (Phi) is 7.42. The van der Waals surface area contributed by atoms with Crippen molar-refractivity contribution in [3.05, 3.63) is 80.8 Å². The lowest BCUT2D eigenvalue weighted by molar-refractivity contribution is -0.143. The second-order valence-electron chi connectivity index (χ2n) is 8.65. The van der Waals surface area contributed by atoms with Crippen molar-refractivity contribution in [3.63, 3.8) is 0 Å². The Morgan fingerprint density at radius 3 is 2.11 bits per heavy atom. The van der Waals surface area contributed by atoms with Gasteiger partial charge in [0.2, 0.25) is 5.91 Å². The number of nitrogens with zero attached hydrogens (tertiary/aromatic N) is 1. The molecule has 1 aliphatic rings. The van der Waals surface area contributed by atoms with Crippen molar-refractivity contribution < 1.29 is 35.9 Å². The van der Waals surface area contributed by atoms with E-state index >= 15 is 0 Å². The van der Waals surface area contributed by atoms with Crippen LogP contribution in [0.15, 0.2) is 48.5 Å². The van der Waals surface area contributed by atoms with Crippen LogP contribution in [0, 0.1) is 0 Å². The summed E-state index contributed by atoms with van der Waals surface area (Å²) in [6.45, 7) is 1.36. The predicted octanol–water partition coefficient (Wildman–Crippen LogP) is 8.25. The number of hydrogen-bond acceptors (Lipinski definition) is 2. The van der Waals surface area contributed by atoms with Crippen molar-refractivity contribution in [2.24, 2.45) is 0 Å². The van der Waals surface area contributed by atoms with Gasteiger partial charge in [-0.3, -0.25) is 9.59 Å². The fraction of sp³-hybridized carbons (Fsp3) is 0.231. The van der Waals surface area contributed by atoms with E-state index in [4.69, 9.17) is 23.2 Å². The topological polar surface area (TPSA) is 49.4 Å². The third-order valence-electron chi connectivity index (χ3n) is 5.98. The van der Waals surface area contributed by atoms with Crippen LogP contribution in [-0.4, -0.2) is 18.4 Å². The Bertz CT molecular complexity index is 1400. The number of carbonyl (C=O) groups is 2. The average molecular weight is 575 g/mol. The zero-order valence-electron chi connectivity index (χ0n) is 19.5. The van der Waals surface area contributed by atoms with E-state index in [1.54, 1.807) is 18.2 Å². The van der Waals surface area contributed by atoms with Gasteiger partial charge >= 0.3 is 12.4 Å². The van der Waals surface area contributed by atoms with Crippen LogP contribution in [0.5, 0.6) is 0 Å². The number of fused-ring (bicyclic) bond motifs is 1. The summed E-state index contributed by atoms with van der Waals surface area (Å²) >= 11 is 12.7. The van der Waals surface area contributed by atoms with Gasteiger partial charge in [0, 0.05) is 51.6 Å². The molecular weight excluding hydrogens is 557 g/mol. The number of hydrogen-bond donors (Lipinski definition) is 1. The molecule has 3 aromatic rings. The van der Waals surface area contributed by atoms with E-state index in [-0.39, 0.29) is 29.2 Å². The zero-order chi connectivity index (χ0) is 28.0. The molecule has 0 aromatic heterocycles. The summed E-state index contributed by atoms with van der Waals surface area (Å²) in [5, 5.41) is 3.27. The van der Waals surface area contributed by atoms with Gasteiger partial charge in [-0.15, -0.1) is 0 Å². The monoisotopic (exact) mass is 574 g/mol. The lowest BCUT2D eigenvalue weighted by Crippen LogP contribution is -2.36. The summed E-state index contributed by atoms with van der Waals surface area (Å²) in [5.41, 5.74) is -1.83. The molecule has 4 nitrogen and oxygen atoms in total. The quantitative estimate of drug-likeness (QED) is 0.320. The van der Waals surface area contributed by atoms with Crippen LogP contribution in [0.1, 0.15) is 40.4 Å². The van der Waals surface area contributed by atoms with Crippen LogP contribution < -0.4 is 10.2 Å². The number of rotatable bonds is 3. The van der Waals surface area contributed by atoms with Crippen LogP contribution in [-0.2, 0) is 23.6 Å². The summed E-state index contributed by atoms with van der Waals surface area (Å²) in [4.78, 5) is 26.3. The van der Waals surface area contributed by atoms with Crippen LogP contribution in [0.2, 0.25) is 10.0 Å². The second kappa shape index (κ2) is 10.1. The van der Waals surface area contributed by atoms with Crippen molar-refractivity contribution in [3.8, 4) is 11.1 Å². The highest BCUT2D eigenvalue weighted by Crippen LogP contribution is 2.44. The van der Waals surface area contributed by atoms with Crippen LogP contribution in [0.25, 0.3) is 11.1 Å². The SMILES string of the molecule is CC(=O)Nc1ccc(Cl)cc1-c1c(Cl)ccc2c1CCCN2C(=O)c1cc(C(F)(F)F)cc(C(F)(F)F)c1. The van der Waals surface area contributed by atoms with E-state index < -0.39 is 35.0 Å². The zero-order valence-corrected chi connectivity index (χ0v) is 21.0. The van der Waals surface area contributed by atoms with Gasteiger partial charge in [-0.1, -0.05) is 23.2 Å². The Morgan fingerprint density at radius 2 is 1.53 bits per heavy atom. The molecular formula is C26H18Cl2F6N2O2. The van der Waals surface area contributed by atoms with Gasteiger partial charge in [-0.05, 0) is 66.9 Å². The molecule has 1 aliphatic heterocycles. The summed E-state index contributed by atoms with van der Waals surface area (Å²) in [6.07, 6.45) is -9.43. The first kappa shape index (κ1) is 27.8. The molecule has 0 bridgehead atoms. The number of benzene rings is 3. The number of nitrogens with one attached hydrogen (secondary N) is 1. The molecule has 12 heteroatoms. The number of anilines is 2. The maximum Gasteiger partial charge on any atom is 0.416 e. The smallest absolute Gasteiger partial charge is 0.326 e. The Morgan fingerprint density at radius 1 is 0.895 bits per heavy atom. The first-order valence-electron chi connectivity index (χ1n) is 11.2. The molecule has 0 fully saturated rings. The van der Waals surface area contributed by atoms with E-state index in [0.29, 0.717) is 52.4 Å². The molecule has 1 N–H and O–H groups in total. The molecule has 2 amide bonds. The number of halogens is 8. The van der Waals surface area contributed by atoms with Crippen molar-refractivity contribution in [2.45, 2.75) is 32.1 Å². The maximum atomic E-state index is 13.4. The van der Waals surface area contributed by atoms with Crippen LogP contribution in [0.4, 0.5) is 37.7 Å². The van der Waals surface area contributed by atoms with E-state index in [2.05, 4.69) is 5.32 Å². The fourth-order valence-corrected chi connectivity index (χ4v) is 4.86. The van der Waals surface area contributed by atoms with Gasteiger partial charge in [0.05, 0.1) is 11.1 Å². The lowest BCUT2D eigenvalue weighted by atomic mass is 9.90. The Hall–Kier alpha value is -3.24. The predicted molar refractivity (Wildman–Crippen MR) is 133 cm³/mol. The summed E-state index contributed by atoms with van der Waals surface area (Å²) in [6, 6.07) is 8.44. The van der Waals surface area contributed by atoms with Gasteiger partial charge in [0.15, 0.2) is 0 Å². The maximum absolute atomic E-state index is 13.4. The third kappa shape index (κ3) is 5.61. The molecule has 0 saturated heterocycles. The normalized spacial score (nSPS) is 13.8. The summed E-state index contributed by atoms with van der Waals surface area (Å²) in [7, 11) is 0. The van der Waals surface area contributed by atoms with Gasteiger partial charge < -0.3 is 10.2 Å². The number of alkyl halides is 6. The fourth-order valence-electron chi connectivity index (χ4n) is 4.41. The highest BCUT2D eigenvalue weighted by Gasteiger charge is 2.38. The second-order valence-corrected chi connectivity index (χ2v) is 9.49. The first-order valence-corrected chi connectivity index (χ1v) is 11.9. The average Bonchev–Trinajstić information content (AvgIpc) is 2.82. The first-order chi connectivity index (χ1) is 17.7. The minimum absolute atomic E-state index is 0.0263. The van der Waals surface area contributed by atoms with E-state index in [0.717, 1.165) is 4.90 Å². The minimum atomic E-state index is -5.09. The van der Waals surface area contributed by atoms with E-state index in [1.807, 2.05) is 0 Å². The Labute approximate surface area is 223 Å².